The Morgan fingerprint density at radius 1 is 1.50 bits per heavy atom. The average molecular weight is 235 g/mol. The monoisotopic (exact) mass is 235 g/mol. The van der Waals surface area contributed by atoms with Crippen molar-refractivity contribution < 1.29 is 9.53 Å². The number of carbonyl (C=O) groups is 1. The molecule has 0 radical (unpaired) electrons. The first-order chi connectivity index (χ1) is 7.74. The maximum Gasteiger partial charge on any atom is 0.319 e. The molecular formula is C12H13NO2S. The summed E-state index contributed by atoms with van der Waals surface area (Å²) in [6, 6.07) is 11.5. The van der Waals surface area contributed by atoms with Gasteiger partial charge in [0.1, 0.15) is 11.9 Å². The van der Waals surface area contributed by atoms with E-state index < -0.39 is 0 Å². The second-order valence-electron chi connectivity index (χ2n) is 3.20. The molecule has 0 aliphatic rings. The van der Waals surface area contributed by atoms with Crippen LogP contribution in [-0.2, 0) is 16.1 Å². The number of nitrogens with zero attached hydrogens (tertiary/aromatic N) is 1. The van der Waals surface area contributed by atoms with Gasteiger partial charge < -0.3 is 4.74 Å². The SMILES string of the molecule is CC(SCC#N)C(=O)OCc1ccccc1. The van der Waals surface area contributed by atoms with Crippen LogP contribution in [0.25, 0.3) is 0 Å². The second-order valence-corrected chi connectivity index (χ2v) is 4.53. The molecule has 0 bridgehead atoms. The first-order valence-corrected chi connectivity index (χ1v) is 5.98. The van der Waals surface area contributed by atoms with Crippen molar-refractivity contribution in [2.45, 2.75) is 18.8 Å². The summed E-state index contributed by atoms with van der Waals surface area (Å²) in [6.45, 7) is 2.03. The van der Waals surface area contributed by atoms with Crippen LogP contribution in [0.3, 0.4) is 0 Å². The smallest absolute Gasteiger partial charge is 0.319 e. The van der Waals surface area contributed by atoms with Gasteiger partial charge in [0.25, 0.3) is 0 Å². The van der Waals surface area contributed by atoms with Crippen molar-refractivity contribution in [2.75, 3.05) is 5.75 Å². The number of esters is 1. The van der Waals surface area contributed by atoms with Crippen molar-refractivity contribution in [2.24, 2.45) is 0 Å². The van der Waals surface area contributed by atoms with Crippen molar-refractivity contribution in [1.29, 1.82) is 5.26 Å². The van der Waals surface area contributed by atoms with Gasteiger partial charge in [-0.1, -0.05) is 30.3 Å². The third-order valence-electron chi connectivity index (χ3n) is 1.95. The Labute approximate surface area is 99.4 Å². The first-order valence-electron chi connectivity index (χ1n) is 4.93. The van der Waals surface area contributed by atoms with Crippen molar-refractivity contribution in [3.05, 3.63) is 35.9 Å². The van der Waals surface area contributed by atoms with Crippen molar-refractivity contribution >= 4 is 17.7 Å². The summed E-state index contributed by atoms with van der Waals surface area (Å²) >= 11 is 1.28. The lowest BCUT2D eigenvalue weighted by atomic mass is 10.2. The largest absolute Gasteiger partial charge is 0.460 e. The van der Waals surface area contributed by atoms with E-state index >= 15 is 0 Å². The topological polar surface area (TPSA) is 50.1 Å². The molecule has 3 nitrogen and oxygen atoms in total. The van der Waals surface area contributed by atoms with Gasteiger partial charge in [-0.05, 0) is 12.5 Å². The third kappa shape index (κ3) is 4.37. The van der Waals surface area contributed by atoms with Crippen LogP contribution in [0.1, 0.15) is 12.5 Å². The Bertz CT molecular complexity index is 372. The lowest BCUT2D eigenvalue weighted by Crippen LogP contribution is -2.17. The molecule has 1 unspecified atom stereocenters. The molecule has 0 saturated carbocycles. The highest BCUT2D eigenvalue weighted by Crippen LogP contribution is 2.12. The number of thioether (sulfide) groups is 1. The van der Waals surface area contributed by atoms with E-state index in [9.17, 15) is 4.79 Å². The van der Waals surface area contributed by atoms with E-state index in [1.807, 2.05) is 36.4 Å². The molecule has 0 aliphatic carbocycles. The minimum absolute atomic E-state index is 0.274. The number of rotatable bonds is 5. The minimum Gasteiger partial charge on any atom is -0.460 e. The zero-order chi connectivity index (χ0) is 11.8. The van der Waals surface area contributed by atoms with Gasteiger partial charge in [-0.3, -0.25) is 4.79 Å². The van der Waals surface area contributed by atoms with Crippen molar-refractivity contribution in [3.8, 4) is 6.07 Å². The molecule has 0 amide bonds. The van der Waals surface area contributed by atoms with E-state index in [-0.39, 0.29) is 17.8 Å². The highest BCUT2D eigenvalue weighted by molar-refractivity contribution is 8.00. The van der Waals surface area contributed by atoms with E-state index in [0.29, 0.717) is 5.75 Å². The standard InChI is InChI=1S/C12H13NO2S/c1-10(16-8-7-13)12(14)15-9-11-5-3-2-4-6-11/h2-6,10H,8-9H2,1H3. The van der Waals surface area contributed by atoms with E-state index in [1.54, 1.807) is 6.92 Å². The second kappa shape index (κ2) is 6.91. The quantitative estimate of drug-likeness (QED) is 0.735. The molecule has 1 aromatic rings. The molecule has 1 rings (SSSR count). The van der Waals surface area contributed by atoms with Gasteiger partial charge in [-0.15, -0.1) is 11.8 Å². The fourth-order valence-electron chi connectivity index (χ4n) is 1.08. The predicted molar refractivity (Wildman–Crippen MR) is 63.8 cm³/mol. The number of hydrogen-bond donors (Lipinski definition) is 0. The van der Waals surface area contributed by atoms with Gasteiger partial charge in [-0.25, -0.2) is 0 Å². The number of hydrogen-bond acceptors (Lipinski definition) is 4. The zero-order valence-corrected chi connectivity index (χ0v) is 9.87. The minimum atomic E-state index is -0.289. The van der Waals surface area contributed by atoms with E-state index in [2.05, 4.69) is 0 Å². The highest BCUT2D eigenvalue weighted by Gasteiger charge is 2.14. The number of carbonyl (C=O) groups excluding carboxylic acids is 1. The Kier molecular flexibility index (Phi) is 5.44. The summed E-state index contributed by atoms with van der Waals surface area (Å²) in [5.41, 5.74) is 0.966. The van der Waals surface area contributed by atoms with Gasteiger partial charge in [0.05, 0.1) is 11.8 Å². The molecule has 0 aliphatic heterocycles. The molecule has 0 saturated heterocycles. The zero-order valence-electron chi connectivity index (χ0n) is 9.05. The van der Waals surface area contributed by atoms with Crippen LogP contribution in [0, 0.1) is 11.3 Å². The molecule has 1 aromatic carbocycles. The fraction of sp³-hybridized carbons (Fsp3) is 0.333. The van der Waals surface area contributed by atoms with Crippen LogP contribution in [0.4, 0.5) is 0 Å². The van der Waals surface area contributed by atoms with Gasteiger partial charge >= 0.3 is 5.97 Å². The Balaban J connectivity index is 2.33. The van der Waals surface area contributed by atoms with Crippen LogP contribution in [0.15, 0.2) is 30.3 Å². The van der Waals surface area contributed by atoms with Crippen LogP contribution in [0.2, 0.25) is 0 Å². The molecule has 0 spiro atoms. The molecule has 0 heterocycles. The maximum atomic E-state index is 11.5. The van der Waals surface area contributed by atoms with Crippen LogP contribution in [-0.4, -0.2) is 17.0 Å². The average Bonchev–Trinajstić information content (AvgIpc) is 2.34. The van der Waals surface area contributed by atoms with Crippen LogP contribution >= 0.6 is 11.8 Å². The van der Waals surface area contributed by atoms with Gasteiger partial charge in [0.2, 0.25) is 0 Å². The number of benzene rings is 1. The van der Waals surface area contributed by atoms with Gasteiger partial charge in [0.15, 0.2) is 0 Å². The van der Waals surface area contributed by atoms with E-state index in [0.717, 1.165) is 5.56 Å². The molecule has 84 valence electrons. The number of ether oxygens (including phenoxy) is 1. The van der Waals surface area contributed by atoms with Crippen LogP contribution in [0.5, 0.6) is 0 Å². The predicted octanol–water partition coefficient (Wildman–Crippen LogP) is 2.38. The summed E-state index contributed by atoms with van der Waals surface area (Å²) < 4.78 is 5.12. The van der Waals surface area contributed by atoms with Crippen molar-refractivity contribution in [1.82, 2.24) is 0 Å². The highest BCUT2D eigenvalue weighted by atomic mass is 32.2. The molecule has 0 aromatic heterocycles. The molecule has 0 fully saturated rings. The summed E-state index contributed by atoms with van der Waals surface area (Å²) in [5.74, 6) is 0.0332. The summed E-state index contributed by atoms with van der Waals surface area (Å²) in [5, 5.41) is 8.09. The maximum absolute atomic E-state index is 11.5. The first kappa shape index (κ1) is 12.6. The van der Waals surface area contributed by atoms with Gasteiger partial charge in [-0.2, -0.15) is 5.26 Å². The molecule has 16 heavy (non-hydrogen) atoms. The van der Waals surface area contributed by atoms with E-state index in [4.69, 9.17) is 10.00 Å². The lowest BCUT2D eigenvalue weighted by Gasteiger charge is -2.09. The lowest BCUT2D eigenvalue weighted by molar-refractivity contribution is -0.143. The molecule has 1 atom stereocenters. The normalized spacial score (nSPS) is 11.5. The van der Waals surface area contributed by atoms with E-state index in [1.165, 1.54) is 11.8 Å². The third-order valence-corrected chi connectivity index (χ3v) is 2.94. The van der Waals surface area contributed by atoms with Crippen LogP contribution < -0.4 is 0 Å². The summed E-state index contributed by atoms with van der Waals surface area (Å²) in [4.78, 5) is 11.5. The fourth-order valence-corrected chi connectivity index (χ4v) is 1.61. The Morgan fingerprint density at radius 3 is 2.81 bits per heavy atom. The Morgan fingerprint density at radius 2 is 2.19 bits per heavy atom. The van der Waals surface area contributed by atoms with Crippen molar-refractivity contribution in [3.63, 3.8) is 0 Å². The molecule has 4 heteroatoms. The van der Waals surface area contributed by atoms with Gasteiger partial charge in [0, 0.05) is 0 Å². The Hall–Kier alpha value is -1.47. The molecule has 0 N–H and O–H groups in total. The summed E-state index contributed by atoms with van der Waals surface area (Å²) in [6.07, 6.45) is 0. The molecular weight excluding hydrogens is 222 g/mol. The number of nitriles is 1. The summed E-state index contributed by atoms with van der Waals surface area (Å²) in [7, 11) is 0.